The second-order valence-corrected chi connectivity index (χ2v) is 9.25. The highest BCUT2D eigenvalue weighted by Gasteiger charge is 2.37. The summed E-state index contributed by atoms with van der Waals surface area (Å²) in [7, 11) is -2.26. The van der Waals surface area contributed by atoms with Crippen LogP contribution < -0.4 is 15.2 Å². The van der Waals surface area contributed by atoms with Crippen LogP contribution in [0.25, 0.3) is 0 Å². The summed E-state index contributed by atoms with van der Waals surface area (Å²) in [5.74, 6) is 0.205. The van der Waals surface area contributed by atoms with Crippen LogP contribution in [0.2, 0.25) is 5.02 Å². The van der Waals surface area contributed by atoms with E-state index < -0.39 is 15.9 Å². The standard InChI is InChI=1S/C20H23ClN2O5S/c1-27-17-3-2-4-18(12-17)29(25,26)23-10-9-19(14(13-23)11-20(22)24)28-16-7-5-15(21)6-8-16/h2-8,12,14,19H,9-11,13H2,1H3,(H2,22,24)/t14-,19-/m0/s1. The van der Waals surface area contributed by atoms with Crippen LogP contribution in [-0.4, -0.2) is 44.9 Å². The summed E-state index contributed by atoms with van der Waals surface area (Å²) in [6.07, 6.45) is 0.132. The monoisotopic (exact) mass is 438 g/mol. The molecule has 2 N–H and O–H groups in total. The lowest BCUT2D eigenvalue weighted by molar-refractivity contribution is -0.120. The molecule has 1 aliphatic rings. The number of nitrogens with zero attached hydrogens (tertiary/aromatic N) is 1. The van der Waals surface area contributed by atoms with Crippen LogP contribution in [0.5, 0.6) is 11.5 Å². The third kappa shape index (κ3) is 5.20. The van der Waals surface area contributed by atoms with Crippen molar-refractivity contribution in [3.8, 4) is 11.5 Å². The maximum Gasteiger partial charge on any atom is 0.243 e. The van der Waals surface area contributed by atoms with Gasteiger partial charge in [0.2, 0.25) is 15.9 Å². The topological polar surface area (TPSA) is 98.9 Å². The Morgan fingerprint density at radius 1 is 1.21 bits per heavy atom. The first kappa shape index (κ1) is 21.4. The van der Waals surface area contributed by atoms with Gasteiger partial charge in [-0.3, -0.25) is 4.79 Å². The van der Waals surface area contributed by atoms with E-state index in [0.717, 1.165) is 0 Å². The second kappa shape index (κ2) is 9.02. The Kier molecular flexibility index (Phi) is 6.66. The number of primary amides is 1. The predicted molar refractivity (Wildman–Crippen MR) is 110 cm³/mol. The molecule has 1 heterocycles. The molecule has 3 rings (SSSR count). The lowest BCUT2D eigenvalue weighted by Crippen LogP contribution is -2.48. The van der Waals surface area contributed by atoms with Crippen molar-refractivity contribution >= 4 is 27.5 Å². The summed E-state index contributed by atoms with van der Waals surface area (Å²) in [5, 5.41) is 0.588. The molecule has 2 aromatic rings. The number of halogens is 1. The number of amides is 1. The molecule has 1 amide bonds. The molecule has 0 aliphatic carbocycles. The lowest BCUT2D eigenvalue weighted by atomic mass is 9.92. The molecular formula is C20H23ClN2O5S. The highest BCUT2D eigenvalue weighted by molar-refractivity contribution is 7.89. The van der Waals surface area contributed by atoms with E-state index in [9.17, 15) is 13.2 Å². The van der Waals surface area contributed by atoms with Crippen LogP contribution in [0.4, 0.5) is 0 Å². The number of ether oxygens (including phenoxy) is 2. The van der Waals surface area contributed by atoms with Crippen LogP contribution in [0.15, 0.2) is 53.4 Å². The number of rotatable bonds is 7. The molecule has 0 radical (unpaired) electrons. The maximum atomic E-state index is 13.1. The predicted octanol–water partition coefficient (Wildman–Crippen LogP) is 2.68. The molecule has 156 valence electrons. The van der Waals surface area contributed by atoms with Crippen molar-refractivity contribution in [1.82, 2.24) is 4.31 Å². The zero-order chi connectivity index (χ0) is 21.0. The van der Waals surface area contributed by atoms with Crippen molar-refractivity contribution in [2.24, 2.45) is 11.7 Å². The van der Waals surface area contributed by atoms with Crippen molar-refractivity contribution < 1.29 is 22.7 Å². The first-order valence-corrected chi connectivity index (χ1v) is 11.0. The SMILES string of the molecule is COc1cccc(S(=O)(=O)N2CC[C@H](Oc3ccc(Cl)cc3)[C@@H](CC(N)=O)C2)c1. The van der Waals surface area contributed by atoms with Crippen LogP contribution in [0, 0.1) is 5.92 Å². The number of hydrogen-bond donors (Lipinski definition) is 1. The number of methoxy groups -OCH3 is 1. The average Bonchev–Trinajstić information content (AvgIpc) is 2.70. The van der Waals surface area contributed by atoms with E-state index in [1.54, 1.807) is 36.4 Å². The normalized spacial score (nSPS) is 20.2. The Labute approximate surface area is 175 Å². The number of carbonyl (C=O) groups excluding carboxylic acids is 1. The van der Waals surface area contributed by atoms with E-state index in [1.807, 2.05) is 0 Å². The van der Waals surface area contributed by atoms with E-state index >= 15 is 0 Å². The quantitative estimate of drug-likeness (QED) is 0.716. The molecule has 2 atom stereocenters. The molecule has 2 aromatic carbocycles. The van der Waals surface area contributed by atoms with Gasteiger partial charge in [-0.1, -0.05) is 17.7 Å². The second-order valence-electron chi connectivity index (χ2n) is 6.87. The van der Waals surface area contributed by atoms with Crippen LogP contribution >= 0.6 is 11.6 Å². The van der Waals surface area contributed by atoms with Gasteiger partial charge in [0.25, 0.3) is 0 Å². The van der Waals surface area contributed by atoms with Gasteiger partial charge in [-0.15, -0.1) is 0 Å². The van der Waals surface area contributed by atoms with Gasteiger partial charge < -0.3 is 15.2 Å². The highest BCUT2D eigenvalue weighted by atomic mass is 35.5. The first-order chi connectivity index (χ1) is 13.8. The Morgan fingerprint density at radius 2 is 1.93 bits per heavy atom. The largest absolute Gasteiger partial charge is 0.497 e. The highest BCUT2D eigenvalue weighted by Crippen LogP contribution is 2.30. The van der Waals surface area contributed by atoms with Crippen molar-refractivity contribution in [2.45, 2.75) is 23.8 Å². The summed E-state index contributed by atoms with van der Waals surface area (Å²) < 4.78 is 38.7. The third-order valence-corrected chi connectivity index (χ3v) is 6.98. The minimum atomic E-state index is -3.74. The molecule has 9 heteroatoms. The van der Waals surface area contributed by atoms with Gasteiger partial charge in [0.15, 0.2) is 0 Å². The van der Waals surface area contributed by atoms with E-state index in [0.29, 0.717) is 22.9 Å². The lowest BCUT2D eigenvalue weighted by Gasteiger charge is -2.37. The molecule has 0 spiro atoms. The fourth-order valence-electron chi connectivity index (χ4n) is 3.40. The molecule has 1 fully saturated rings. The first-order valence-electron chi connectivity index (χ1n) is 9.14. The molecule has 29 heavy (non-hydrogen) atoms. The van der Waals surface area contributed by atoms with E-state index in [2.05, 4.69) is 0 Å². The smallest absolute Gasteiger partial charge is 0.243 e. The maximum absolute atomic E-state index is 13.1. The molecule has 0 unspecified atom stereocenters. The number of hydrogen-bond acceptors (Lipinski definition) is 5. The Balaban J connectivity index is 1.79. The third-order valence-electron chi connectivity index (χ3n) is 4.87. The molecule has 0 aromatic heterocycles. The van der Waals surface area contributed by atoms with Crippen molar-refractivity contribution in [3.05, 3.63) is 53.6 Å². The molecule has 1 aliphatic heterocycles. The van der Waals surface area contributed by atoms with Gasteiger partial charge in [-0.25, -0.2) is 8.42 Å². The number of nitrogens with two attached hydrogens (primary N) is 1. The van der Waals surface area contributed by atoms with Crippen molar-refractivity contribution in [1.29, 1.82) is 0 Å². The number of sulfonamides is 1. The van der Waals surface area contributed by atoms with Gasteiger partial charge in [0.05, 0.1) is 12.0 Å². The fraction of sp³-hybridized carbons (Fsp3) is 0.350. The summed E-state index contributed by atoms with van der Waals surface area (Å²) in [4.78, 5) is 11.7. The molecule has 0 bridgehead atoms. The van der Waals surface area contributed by atoms with Gasteiger partial charge in [-0.05, 0) is 42.8 Å². The number of carbonyl (C=O) groups is 1. The Bertz CT molecular complexity index is 965. The van der Waals surface area contributed by atoms with Crippen LogP contribution in [0.1, 0.15) is 12.8 Å². The Hall–Kier alpha value is -2.29. The van der Waals surface area contributed by atoms with Gasteiger partial charge in [-0.2, -0.15) is 4.31 Å². The van der Waals surface area contributed by atoms with Crippen LogP contribution in [-0.2, 0) is 14.8 Å². The van der Waals surface area contributed by atoms with Gasteiger partial charge in [0.1, 0.15) is 17.6 Å². The van der Waals surface area contributed by atoms with Crippen LogP contribution in [0.3, 0.4) is 0 Å². The number of benzene rings is 2. The molecule has 0 saturated carbocycles. The van der Waals surface area contributed by atoms with Crippen molar-refractivity contribution in [2.75, 3.05) is 20.2 Å². The Morgan fingerprint density at radius 3 is 2.59 bits per heavy atom. The van der Waals surface area contributed by atoms with E-state index in [4.69, 9.17) is 26.8 Å². The fourth-order valence-corrected chi connectivity index (χ4v) is 5.08. The summed E-state index contributed by atoms with van der Waals surface area (Å²) >= 11 is 5.90. The summed E-state index contributed by atoms with van der Waals surface area (Å²) in [6.45, 7) is 0.411. The molecule has 7 nitrogen and oxygen atoms in total. The van der Waals surface area contributed by atoms with E-state index in [1.165, 1.54) is 23.5 Å². The number of piperidine rings is 1. The molecular weight excluding hydrogens is 416 g/mol. The minimum absolute atomic E-state index is 0.0301. The van der Waals surface area contributed by atoms with Gasteiger partial charge in [0, 0.05) is 36.5 Å². The zero-order valence-electron chi connectivity index (χ0n) is 16.0. The summed E-state index contributed by atoms with van der Waals surface area (Å²) in [6, 6.07) is 13.2. The zero-order valence-corrected chi connectivity index (χ0v) is 17.5. The van der Waals surface area contributed by atoms with Crippen molar-refractivity contribution in [3.63, 3.8) is 0 Å². The van der Waals surface area contributed by atoms with Gasteiger partial charge >= 0.3 is 0 Å². The minimum Gasteiger partial charge on any atom is -0.497 e. The summed E-state index contributed by atoms with van der Waals surface area (Å²) in [5.41, 5.74) is 5.41. The molecule has 1 saturated heterocycles. The van der Waals surface area contributed by atoms with E-state index in [-0.39, 0.29) is 36.4 Å². The average molecular weight is 439 g/mol.